The third-order valence-corrected chi connectivity index (χ3v) is 2.76. The number of benzene rings is 1. The van der Waals surface area contributed by atoms with Crippen LogP contribution in [0.5, 0.6) is 5.75 Å². The maximum atomic E-state index is 14.0. The number of nitrogens with two attached hydrogens (primary N) is 1. The van der Waals surface area contributed by atoms with Crippen LogP contribution < -0.4 is 10.5 Å². The fourth-order valence-electron chi connectivity index (χ4n) is 1.78. The van der Waals surface area contributed by atoms with Crippen molar-refractivity contribution in [3.05, 3.63) is 41.5 Å². The molecule has 7 heteroatoms. The van der Waals surface area contributed by atoms with E-state index in [2.05, 4.69) is 9.84 Å². The Labute approximate surface area is 114 Å². The number of rotatable bonds is 4. The van der Waals surface area contributed by atoms with Crippen LogP contribution in [0.2, 0.25) is 0 Å². The topological polar surface area (TPSA) is 79.4 Å². The Hall–Kier alpha value is -2.57. The number of esters is 1. The van der Waals surface area contributed by atoms with Gasteiger partial charge in [0.05, 0.1) is 26.5 Å². The summed E-state index contributed by atoms with van der Waals surface area (Å²) >= 11 is 0. The Balaban J connectivity index is 2.29. The van der Waals surface area contributed by atoms with Crippen LogP contribution in [0.15, 0.2) is 24.4 Å². The van der Waals surface area contributed by atoms with Crippen molar-refractivity contribution in [2.45, 2.75) is 6.54 Å². The Morgan fingerprint density at radius 1 is 1.45 bits per heavy atom. The largest absolute Gasteiger partial charge is 0.494 e. The normalized spacial score (nSPS) is 10.3. The van der Waals surface area contributed by atoms with Gasteiger partial charge in [-0.15, -0.1) is 0 Å². The van der Waals surface area contributed by atoms with Gasteiger partial charge in [0.25, 0.3) is 0 Å². The molecule has 0 fully saturated rings. The monoisotopic (exact) mass is 279 g/mol. The summed E-state index contributed by atoms with van der Waals surface area (Å²) < 4.78 is 24.8. The predicted octanol–water partition coefficient (Wildman–Crippen LogP) is 1.45. The minimum Gasteiger partial charge on any atom is -0.494 e. The van der Waals surface area contributed by atoms with Crippen molar-refractivity contribution in [2.75, 3.05) is 20.0 Å². The molecule has 0 saturated heterocycles. The average Bonchev–Trinajstić information content (AvgIpc) is 2.81. The lowest BCUT2D eigenvalue weighted by molar-refractivity contribution is 0.0594. The van der Waals surface area contributed by atoms with E-state index in [4.69, 9.17) is 10.5 Å². The molecule has 0 spiro atoms. The number of nitrogen functional groups attached to an aromatic ring is 1. The van der Waals surface area contributed by atoms with E-state index < -0.39 is 11.8 Å². The standard InChI is InChI=1S/C13H14FN3O3/c1-19-10-5-3-4-8(11(10)14)6-17-7-9(15)12(16-17)13(18)20-2/h3-5,7H,6,15H2,1-2H3. The van der Waals surface area contributed by atoms with Gasteiger partial charge < -0.3 is 15.2 Å². The van der Waals surface area contributed by atoms with Gasteiger partial charge in [-0.2, -0.15) is 5.10 Å². The van der Waals surface area contributed by atoms with Crippen molar-refractivity contribution in [3.63, 3.8) is 0 Å². The van der Waals surface area contributed by atoms with Crippen molar-refractivity contribution in [1.82, 2.24) is 9.78 Å². The zero-order chi connectivity index (χ0) is 14.7. The van der Waals surface area contributed by atoms with E-state index in [9.17, 15) is 9.18 Å². The third kappa shape index (κ3) is 2.56. The van der Waals surface area contributed by atoms with E-state index >= 15 is 0 Å². The number of carbonyl (C=O) groups excluding carboxylic acids is 1. The van der Waals surface area contributed by atoms with Gasteiger partial charge in [-0.05, 0) is 6.07 Å². The highest BCUT2D eigenvalue weighted by molar-refractivity contribution is 5.92. The number of hydrogen-bond acceptors (Lipinski definition) is 5. The van der Waals surface area contributed by atoms with Gasteiger partial charge in [0.1, 0.15) is 0 Å². The molecule has 20 heavy (non-hydrogen) atoms. The molecule has 2 N–H and O–H groups in total. The molecule has 0 bridgehead atoms. The molecule has 2 rings (SSSR count). The summed E-state index contributed by atoms with van der Waals surface area (Å²) in [5, 5.41) is 3.98. The first kappa shape index (κ1) is 13.9. The molecule has 2 aromatic rings. The minimum atomic E-state index is -0.632. The van der Waals surface area contributed by atoms with Crippen LogP contribution in [0, 0.1) is 5.82 Å². The van der Waals surface area contributed by atoms with Gasteiger partial charge in [0.15, 0.2) is 17.3 Å². The van der Waals surface area contributed by atoms with Crippen molar-refractivity contribution in [3.8, 4) is 5.75 Å². The van der Waals surface area contributed by atoms with Crippen LogP contribution in [-0.2, 0) is 11.3 Å². The Kier molecular flexibility index (Phi) is 3.88. The first-order valence-corrected chi connectivity index (χ1v) is 5.79. The molecule has 0 saturated carbocycles. The second-order valence-electron chi connectivity index (χ2n) is 4.06. The van der Waals surface area contributed by atoms with Gasteiger partial charge in [-0.3, -0.25) is 4.68 Å². The van der Waals surface area contributed by atoms with Gasteiger partial charge in [-0.25, -0.2) is 9.18 Å². The van der Waals surface area contributed by atoms with Crippen LogP contribution in [0.1, 0.15) is 16.1 Å². The smallest absolute Gasteiger partial charge is 0.360 e. The number of methoxy groups -OCH3 is 2. The van der Waals surface area contributed by atoms with E-state index in [-0.39, 0.29) is 23.7 Å². The van der Waals surface area contributed by atoms with E-state index in [1.54, 1.807) is 12.1 Å². The molecule has 1 aromatic heterocycles. The lowest BCUT2D eigenvalue weighted by atomic mass is 10.2. The molecule has 6 nitrogen and oxygen atoms in total. The van der Waals surface area contributed by atoms with Crippen molar-refractivity contribution < 1.29 is 18.7 Å². The number of aromatic nitrogens is 2. The quantitative estimate of drug-likeness (QED) is 0.857. The maximum absolute atomic E-state index is 14.0. The fraction of sp³-hybridized carbons (Fsp3) is 0.231. The predicted molar refractivity (Wildman–Crippen MR) is 70.0 cm³/mol. The molecule has 0 unspecified atom stereocenters. The molecule has 1 heterocycles. The second-order valence-corrected chi connectivity index (χ2v) is 4.06. The Morgan fingerprint density at radius 3 is 2.85 bits per heavy atom. The highest BCUT2D eigenvalue weighted by Gasteiger charge is 2.16. The lowest BCUT2D eigenvalue weighted by Crippen LogP contribution is -2.08. The summed E-state index contributed by atoms with van der Waals surface area (Å²) in [6.07, 6.45) is 1.45. The molecule has 0 aliphatic carbocycles. The second kappa shape index (κ2) is 5.60. The van der Waals surface area contributed by atoms with Crippen molar-refractivity contribution in [2.24, 2.45) is 0 Å². The van der Waals surface area contributed by atoms with E-state index in [0.717, 1.165) is 0 Å². The first-order chi connectivity index (χ1) is 9.56. The molecule has 0 amide bonds. The molecule has 0 atom stereocenters. The van der Waals surface area contributed by atoms with Crippen molar-refractivity contribution in [1.29, 1.82) is 0 Å². The Bertz CT molecular complexity index is 640. The number of carbonyl (C=O) groups is 1. The van der Waals surface area contributed by atoms with Gasteiger partial charge in [-0.1, -0.05) is 12.1 Å². The molecular formula is C13H14FN3O3. The van der Waals surface area contributed by atoms with Crippen LogP contribution in [0.25, 0.3) is 0 Å². The highest BCUT2D eigenvalue weighted by Crippen LogP contribution is 2.21. The fourth-order valence-corrected chi connectivity index (χ4v) is 1.78. The highest BCUT2D eigenvalue weighted by atomic mass is 19.1. The summed E-state index contributed by atoms with van der Waals surface area (Å²) in [6.45, 7) is 0.129. The number of hydrogen-bond donors (Lipinski definition) is 1. The van der Waals surface area contributed by atoms with Gasteiger partial charge in [0, 0.05) is 11.8 Å². The number of halogens is 1. The summed E-state index contributed by atoms with van der Waals surface area (Å²) in [7, 11) is 2.63. The zero-order valence-corrected chi connectivity index (χ0v) is 11.1. The molecule has 0 aliphatic heterocycles. The van der Waals surface area contributed by atoms with E-state index in [0.29, 0.717) is 5.56 Å². The number of ether oxygens (including phenoxy) is 2. The SMILES string of the molecule is COC(=O)c1nn(Cc2cccc(OC)c2F)cc1N. The van der Waals surface area contributed by atoms with E-state index in [1.807, 2.05) is 0 Å². The molecular weight excluding hydrogens is 265 g/mol. The number of nitrogens with zero attached hydrogens (tertiary/aromatic N) is 2. The molecule has 0 radical (unpaired) electrons. The lowest BCUT2D eigenvalue weighted by Gasteiger charge is -2.07. The van der Waals surface area contributed by atoms with Crippen LogP contribution >= 0.6 is 0 Å². The van der Waals surface area contributed by atoms with Crippen LogP contribution in [-0.4, -0.2) is 30.0 Å². The van der Waals surface area contributed by atoms with Crippen LogP contribution in [0.3, 0.4) is 0 Å². The maximum Gasteiger partial charge on any atom is 0.360 e. The molecule has 106 valence electrons. The van der Waals surface area contributed by atoms with Gasteiger partial charge >= 0.3 is 5.97 Å². The molecule has 0 aliphatic rings. The summed E-state index contributed by atoms with van der Waals surface area (Å²) in [5.41, 5.74) is 6.23. The van der Waals surface area contributed by atoms with E-state index in [1.165, 1.54) is 31.2 Å². The number of anilines is 1. The Morgan fingerprint density at radius 2 is 2.20 bits per heavy atom. The summed E-state index contributed by atoms with van der Waals surface area (Å²) in [5.74, 6) is -0.952. The minimum absolute atomic E-state index is 0.0100. The van der Waals surface area contributed by atoms with Gasteiger partial charge in [0.2, 0.25) is 0 Å². The molecule has 1 aromatic carbocycles. The summed E-state index contributed by atoms with van der Waals surface area (Å²) in [6, 6.07) is 4.80. The summed E-state index contributed by atoms with van der Waals surface area (Å²) in [4.78, 5) is 11.4. The third-order valence-electron chi connectivity index (χ3n) is 2.76. The van der Waals surface area contributed by atoms with Crippen LogP contribution in [0.4, 0.5) is 10.1 Å². The first-order valence-electron chi connectivity index (χ1n) is 5.79. The average molecular weight is 279 g/mol. The van der Waals surface area contributed by atoms with Crippen molar-refractivity contribution >= 4 is 11.7 Å². The zero-order valence-electron chi connectivity index (χ0n) is 11.1.